The number of anilines is 1. The maximum absolute atomic E-state index is 13.4. The van der Waals surface area contributed by atoms with Gasteiger partial charge in [-0.3, -0.25) is 9.71 Å². The molecule has 1 atom stereocenters. The van der Waals surface area contributed by atoms with Crippen molar-refractivity contribution in [2.24, 2.45) is 0 Å². The Morgan fingerprint density at radius 2 is 1.67 bits per heavy atom. The Hall–Kier alpha value is -4.10. The smallest absolute Gasteiger partial charge is 0.387 e. The standard InChI is InChI=1S/C31H27F3N4O3S2/c32-31(33,34)27-6-2-1-5-26(27)28-20-42-30(37-28)22-9-13-25(14-10-22)43(40,41)38-24-11-7-21(8-12-24)15-17-36-19-29(39)23-4-3-16-35-18-23/h1-14,16,18,20,29,36,38-39H,15,17,19H2. The summed E-state index contributed by atoms with van der Waals surface area (Å²) in [6.45, 7) is 1.02. The van der Waals surface area contributed by atoms with Gasteiger partial charge in [0.15, 0.2) is 0 Å². The lowest BCUT2D eigenvalue weighted by Gasteiger charge is -2.12. The van der Waals surface area contributed by atoms with Crippen LogP contribution in [-0.2, 0) is 22.6 Å². The van der Waals surface area contributed by atoms with E-state index in [1.54, 1.807) is 48.1 Å². The van der Waals surface area contributed by atoms with Crippen molar-refractivity contribution in [2.75, 3.05) is 17.8 Å². The number of halogens is 3. The molecule has 0 saturated heterocycles. The minimum atomic E-state index is -4.51. The molecule has 7 nitrogen and oxygen atoms in total. The summed E-state index contributed by atoms with van der Waals surface area (Å²) in [5, 5.41) is 15.4. The molecule has 222 valence electrons. The Balaban J connectivity index is 1.17. The maximum atomic E-state index is 13.4. The molecular weight excluding hydrogens is 597 g/mol. The molecule has 0 amide bonds. The first-order chi connectivity index (χ1) is 20.6. The Bertz CT molecular complexity index is 1760. The first-order valence-corrected chi connectivity index (χ1v) is 15.6. The number of aromatic nitrogens is 2. The molecule has 5 aromatic rings. The van der Waals surface area contributed by atoms with Crippen LogP contribution in [0.5, 0.6) is 0 Å². The number of hydrogen-bond donors (Lipinski definition) is 3. The molecule has 0 aliphatic rings. The van der Waals surface area contributed by atoms with E-state index in [-0.39, 0.29) is 16.2 Å². The van der Waals surface area contributed by atoms with Gasteiger partial charge in [-0.2, -0.15) is 13.2 Å². The van der Waals surface area contributed by atoms with Crippen LogP contribution >= 0.6 is 11.3 Å². The van der Waals surface area contributed by atoms with Crippen molar-refractivity contribution in [3.8, 4) is 21.8 Å². The molecular formula is C31H27F3N4O3S2. The second-order valence-electron chi connectivity index (χ2n) is 9.66. The van der Waals surface area contributed by atoms with Gasteiger partial charge in [-0.05, 0) is 54.9 Å². The van der Waals surface area contributed by atoms with Crippen molar-refractivity contribution in [3.63, 3.8) is 0 Å². The number of benzene rings is 3. The Labute approximate surface area is 251 Å². The molecule has 3 aromatic carbocycles. The zero-order valence-electron chi connectivity index (χ0n) is 22.6. The van der Waals surface area contributed by atoms with Crippen LogP contribution in [0.1, 0.15) is 22.8 Å². The van der Waals surface area contributed by atoms with Crippen LogP contribution in [0, 0.1) is 0 Å². The minimum absolute atomic E-state index is 0.0113. The second-order valence-corrected chi connectivity index (χ2v) is 12.2. The predicted molar refractivity (Wildman–Crippen MR) is 161 cm³/mol. The van der Waals surface area contributed by atoms with E-state index in [1.807, 2.05) is 18.2 Å². The fraction of sp³-hybridized carbons (Fsp3) is 0.161. The lowest BCUT2D eigenvalue weighted by molar-refractivity contribution is -0.137. The summed E-state index contributed by atoms with van der Waals surface area (Å²) >= 11 is 1.18. The highest BCUT2D eigenvalue weighted by molar-refractivity contribution is 7.92. The van der Waals surface area contributed by atoms with Gasteiger partial charge in [0.05, 0.1) is 22.3 Å². The van der Waals surface area contributed by atoms with Crippen molar-refractivity contribution < 1.29 is 26.7 Å². The zero-order chi connectivity index (χ0) is 30.5. The summed E-state index contributed by atoms with van der Waals surface area (Å²) in [6.07, 6.45) is -1.20. The highest BCUT2D eigenvalue weighted by Gasteiger charge is 2.33. The van der Waals surface area contributed by atoms with Crippen LogP contribution in [0.25, 0.3) is 21.8 Å². The minimum Gasteiger partial charge on any atom is -0.387 e. The molecule has 0 spiro atoms. The van der Waals surface area contributed by atoms with Crippen molar-refractivity contribution in [1.29, 1.82) is 0 Å². The van der Waals surface area contributed by atoms with Gasteiger partial charge in [-0.1, -0.05) is 48.5 Å². The van der Waals surface area contributed by atoms with Crippen molar-refractivity contribution in [2.45, 2.75) is 23.6 Å². The van der Waals surface area contributed by atoms with Gasteiger partial charge in [0.25, 0.3) is 10.0 Å². The van der Waals surface area contributed by atoms with Crippen molar-refractivity contribution >= 4 is 27.0 Å². The molecule has 12 heteroatoms. The lowest BCUT2D eigenvalue weighted by atomic mass is 10.1. The fourth-order valence-corrected chi connectivity index (χ4v) is 6.26. The average molecular weight is 625 g/mol. The summed E-state index contributed by atoms with van der Waals surface area (Å²) in [7, 11) is -3.88. The fourth-order valence-electron chi connectivity index (χ4n) is 4.38. The predicted octanol–water partition coefficient (Wildman–Crippen LogP) is 6.56. The third-order valence-corrected chi connectivity index (χ3v) is 8.92. The molecule has 0 bridgehead atoms. The molecule has 0 radical (unpaired) electrons. The molecule has 0 aliphatic heterocycles. The van der Waals surface area contributed by atoms with Gasteiger partial charge in [-0.25, -0.2) is 13.4 Å². The number of hydrogen-bond acceptors (Lipinski definition) is 7. The van der Waals surface area contributed by atoms with Crippen LogP contribution in [0.2, 0.25) is 0 Å². The number of pyridine rings is 1. The van der Waals surface area contributed by atoms with Crippen molar-refractivity contribution in [1.82, 2.24) is 15.3 Å². The quantitative estimate of drug-likeness (QED) is 0.144. The van der Waals surface area contributed by atoms with E-state index < -0.39 is 27.9 Å². The van der Waals surface area contributed by atoms with Crippen LogP contribution in [0.3, 0.4) is 0 Å². The number of nitrogens with one attached hydrogen (secondary N) is 2. The number of rotatable bonds is 11. The van der Waals surface area contributed by atoms with E-state index in [2.05, 4.69) is 20.0 Å². The lowest BCUT2D eigenvalue weighted by Crippen LogP contribution is -2.23. The summed E-state index contributed by atoms with van der Waals surface area (Å²) < 4.78 is 68.8. The number of thiazole rings is 1. The van der Waals surface area contributed by atoms with E-state index in [4.69, 9.17) is 0 Å². The average Bonchev–Trinajstić information content (AvgIpc) is 3.50. The summed E-state index contributed by atoms with van der Waals surface area (Å²) in [4.78, 5) is 8.42. The highest BCUT2D eigenvalue weighted by Crippen LogP contribution is 2.38. The first-order valence-electron chi connectivity index (χ1n) is 13.2. The van der Waals surface area contributed by atoms with Gasteiger partial charge in [0, 0.05) is 46.7 Å². The van der Waals surface area contributed by atoms with Crippen LogP contribution in [0.15, 0.2) is 108 Å². The number of aliphatic hydroxyl groups is 1. The Morgan fingerprint density at radius 3 is 2.37 bits per heavy atom. The van der Waals surface area contributed by atoms with E-state index >= 15 is 0 Å². The number of alkyl halides is 3. The largest absolute Gasteiger partial charge is 0.417 e. The third kappa shape index (κ3) is 7.65. The molecule has 0 saturated carbocycles. The van der Waals surface area contributed by atoms with Crippen LogP contribution in [-0.4, -0.2) is 36.6 Å². The van der Waals surface area contributed by atoms with E-state index in [0.717, 1.165) is 17.2 Å². The maximum Gasteiger partial charge on any atom is 0.417 e. The molecule has 5 rings (SSSR count). The van der Waals surface area contributed by atoms with Gasteiger partial charge < -0.3 is 10.4 Å². The second kappa shape index (κ2) is 13.0. The number of aliphatic hydroxyl groups excluding tert-OH is 1. The monoisotopic (exact) mass is 624 g/mol. The van der Waals surface area contributed by atoms with Crippen LogP contribution < -0.4 is 10.0 Å². The van der Waals surface area contributed by atoms with E-state index in [0.29, 0.717) is 35.8 Å². The number of nitrogens with zero attached hydrogens (tertiary/aromatic N) is 2. The SMILES string of the molecule is O=S(=O)(Nc1ccc(CCNCC(O)c2cccnc2)cc1)c1ccc(-c2nc(-c3ccccc3C(F)(F)F)cs2)cc1. The van der Waals surface area contributed by atoms with Gasteiger partial charge in [0.1, 0.15) is 5.01 Å². The molecule has 43 heavy (non-hydrogen) atoms. The topological polar surface area (TPSA) is 104 Å². The molecule has 0 aliphatic carbocycles. The molecule has 3 N–H and O–H groups in total. The normalized spacial score (nSPS) is 12.7. The van der Waals surface area contributed by atoms with Gasteiger partial charge in [-0.15, -0.1) is 11.3 Å². The number of sulfonamides is 1. The Kier molecular flexibility index (Phi) is 9.21. The summed E-state index contributed by atoms with van der Waals surface area (Å²) in [6, 6.07) is 21.9. The van der Waals surface area contributed by atoms with Crippen molar-refractivity contribution in [3.05, 3.63) is 119 Å². The van der Waals surface area contributed by atoms with Gasteiger partial charge >= 0.3 is 6.18 Å². The molecule has 2 heterocycles. The molecule has 2 aromatic heterocycles. The van der Waals surface area contributed by atoms with Gasteiger partial charge in [0.2, 0.25) is 0 Å². The molecule has 1 unspecified atom stereocenters. The first kappa shape index (κ1) is 30.4. The highest BCUT2D eigenvalue weighted by atomic mass is 32.2. The summed E-state index contributed by atoms with van der Waals surface area (Å²) in [5.74, 6) is 0. The molecule has 0 fully saturated rings. The van der Waals surface area contributed by atoms with E-state index in [1.165, 1.54) is 41.7 Å². The van der Waals surface area contributed by atoms with Crippen LogP contribution in [0.4, 0.5) is 18.9 Å². The van der Waals surface area contributed by atoms with E-state index in [9.17, 15) is 26.7 Å². The zero-order valence-corrected chi connectivity index (χ0v) is 24.3. The summed E-state index contributed by atoms with van der Waals surface area (Å²) in [5.41, 5.74) is 2.16. The third-order valence-electron chi connectivity index (χ3n) is 6.63. The Morgan fingerprint density at radius 1 is 0.930 bits per heavy atom.